The van der Waals surface area contributed by atoms with Crippen LogP contribution in [0.2, 0.25) is 0 Å². The van der Waals surface area contributed by atoms with Crippen molar-refractivity contribution < 1.29 is 8.42 Å². The number of benzene rings is 2. The van der Waals surface area contributed by atoms with Gasteiger partial charge in [-0.25, -0.2) is 13.4 Å². The minimum Gasteiger partial charge on any atom is -0.340 e. The summed E-state index contributed by atoms with van der Waals surface area (Å²) in [6, 6.07) is 15.2. The Hall–Kier alpha value is -2.38. The Morgan fingerprint density at radius 3 is 2.37 bits per heavy atom. The third kappa shape index (κ3) is 3.57. The Balaban J connectivity index is 1.46. The molecule has 0 saturated carbocycles. The highest BCUT2D eigenvalue weighted by Gasteiger charge is 2.29. The molecule has 4 rings (SSSR count). The van der Waals surface area contributed by atoms with Gasteiger partial charge in [0.2, 0.25) is 16.0 Å². The van der Waals surface area contributed by atoms with Crippen LogP contribution >= 0.6 is 0 Å². The lowest BCUT2D eigenvalue weighted by atomic mass is 10.1. The van der Waals surface area contributed by atoms with E-state index in [-0.39, 0.29) is 0 Å². The summed E-state index contributed by atoms with van der Waals surface area (Å²) in [5.41, 5.74) is 3.09. The monoisotopic (exact) mass is 384 g/mol. The number of aromatic amines is 1. The number of nitrogens with zero attached hydrogens (tertiary/aromatic N) is 3. The number of hydrogen-bond acceptors (Lipinski definition) is 4. The Morgan fingerprint density at radius 1 is 1.00 bits per heavy atom. The second-order valence-electron chi connectivity index (χ2n) is 6.86. The first-order valence-electron chi connectivity index (χ1n) is 9.37. The number of aromatic nitrogens is 2. The molecule has 2 aromatic carbocycles. The largest absolute Gasteiger partial charge is 0.340 e. The lowest BCUT2D eigenvalue weighted by Gasteiger charge is -2.33. The normalized spacial score (nSPS) is 16.1. The Morgan fingerprint density at radius 2 is 1.70 bits per heavy atom. The van der Waals surface area contributed by atoms with Gasteiger partial charge in [0.05, 0.1) is 15.9 Å². The maximum absolute atomic E-state index is 12.9. The van der Waals surface area contributed by atoms with Gasteiger partial charge in [-0.1, -0.05) is 37.6 Å². The molecule has 2 heterocycles. The molecule has 7 heteroatoms. The number of anilines is 1. The van der Waals surface area contributed by atoms with Crippen LogP contribution in [0, 0.1) is 0 Å². The van der Waals surface area contributed by atoms with E-state index in [2.05, 4.69) is 21.8 Å². The molecule has 1 fully saturated rings. The van der Waals surface area contributed by atoms with E-state index in [1.165, 1.54) is 5.56 Å². The molecule has 0 atom stereocenters. The number of H-pyrrole nitrogens is 1. The summed E-state index contributed by atoms with van der Waals surface area (Å²) >= 11 is 0. The van der Waals surface area contributed by atoms with Crippen LogP contribution in [-0.2, 0) is 16.4 Å². The summed E-state index contributed by atoms with van der Waals surface area (Å²) in [5, 5.41) is 0. The van der Waals surface area contributed by atoms with Crippen LogP contribution in [0.1, 0.15) is 18.9 Å². The van der Waals surface area contributed by atoms with Crippen molar-refractivity contribution in [2.75, 3.05) is 31.1 Å². The smallest absolute Gasteiger partial charge is 0.243 e. The van der Waals surface area contributed by atoms with Crippen LogP contribution in [0.4, 0.5) is 5.95 Å². The standard InChI is InChI=1S/C20H24N4O2S/c1-2-5-16-8-10-17(11-9-16)27(25,26)24-14-12-23(13-15-24)20-21-18-6-3-4-7-19(18)22-20/h3-4,6-11H,2,5,12-15H2,1H3,(H,21,22). The maximum Gasteiger partial charge on any atom is 0.243 e. The van der Waals surface area contributed by atoms with Crippen LogP contribution < -0.4 is 4.90 Å². The van der Waals surface area contributed by atoms with Crippen LogP contribution in [0.3, 0.4) is 0 Å². The summed E-state index contributed by atoms with van der Waals surface area (Å²) in [7, 11) is -3.45. The molecule has 1 aromatic heterocycles. The summed E-state index contributed by atoms with van der Waals surface area (Å²) in [6.45, 7) is 4.26. The first-order valence-corrected chi connectivity index (χ1v) is 10.8. The van der Waals surface area contributed by atoms with Crippen molar-refractivity contribution in [3.8, 4) is 0 Å². The molecular formula is C20H24N4O2S. The van der Waals surface area contributed by atoms with Crippen LogP contribution in [0.5, 0.6) is 0 Å². The van der Waals surface area contributed by atoms with E-state index >= 15 is 0 Å². The molecule has 0 amide bonds. The quantitative estimate of drug-likeness (QED) is 0.734. The zero-order valence-electron chi connectivity index (χ0n) is 15.4. The highest BCUT2D eigenvalue weighted by atomic mass is 32.2. The van der Waals surface area contributed by atoms with Crippen molar-refractivity contribution in [3.63, 3.8) is 0 Å². The molecule has 0 radical (unpaired) electrons. The minimum absolute atomic E-state index is 0.375. The van der Waals surface area contributed by atoms with Gasteiger partial charge in [-0.3, -0.25) is 0 Å². The summed E-state index contributed by atoms with van der Waals surface area (Å²) in [6.07, 6.45) is 2.02. The van der Waals surface area contributed by atoms with Crippen LogP contribution in [0.25, 0.3) is 11.0 Å². The van der Waals surface area contributed by atoms with Gasteiger partial charge in [0.15, 0.2) is 0 Å². The number of sulfonamides is 1. The number of nitrogens with one attached hydrogen (secondary N) is 1. The van der Waals surface area contributed by atoms with Gasteiger partial charge in [0.1, 0.15) is 0 Å². The molecule has 0 aliphatic carbocycles. The van der Waals surface area contributed by atoms with Crippen LogP contribution in [-0.4, -0.2) is 48.9 Å². The average Bonchev–Trinajstić information content (AvgIpc) is 3.13. The van der Waals surface area contributed by atoms with Crippen molar-refractivity contribution in [2.45, 2.75) is 24.7 Å². The fourth-order valence-corrected chi connectivity index (χ4v) is 4.92. The number of aryl methyl sites for hydroxylation is 1. The predicted molar refractivity (Wildman–Crippen MR) is 108 cm³/mol. The van der Waals surface area contributed by atoms with Gasteiger partial charge in [0, 0.05) is 26.2 Å². The highest BCUT2D eigenvalue weighted by Crippen LogP contribution is 2.22. The maximum atomic E-state index is 12.9. The Labute approximate surface area is 159 Å². The van der Waals surface area contributed by atoms with Gasteiger partial charge < -0.3 is 9.88 Å². The molecule has 1 N–H and O–H groups in total. The third-order valence-corrected chi connectivity index (χ3v) is 6.93. The van der Waals surface area contributed by atoms with Gasteiger partial charge >= 0.3 is 0 Å². The number of fused-ring (bicyclic) bond motifs is 1. The van der Waals surface area contributed by atoms with E-state index in [9.17, 15) is 8.42 Å². The second kappa shape index (κ2) is 7.32. The highest BCUT2D eigenvalue weighted by molar-refractivity contribution is 7.89. The van der Waals surface area contributed by atoms with E-state index in [0.717, 1.165) is 29.8 Å². The first-order chi connectivity index (χ1) is 13.1. The zero-order valence-corrected chi connectivity index (χ0v) is 16.2. The van der Waals surface area contributed by atoms with E-state index in [0.29, 0.717) is 31.1 Å². The first kappa shape index (κ1) is 18.0. The predicted octanol–water partition coefficient (Wildman–Crippen LogP) is 3.03. The molecule has 1 aliphatic rings. The molecule has 1 saturated heterocycles. The molecule has 1 aliphatic heterocycles. The summed E-state index contributed by atoms with van der Waals surface area (Å²) in [4.78, 5) is 10.4. The fourth-order valence-electron chi connectivity index (χ4n) is 3.50. The number of piperazine rings is 1. The molecule has 6 nitrogen and oxygen atoms in total. The fraction of sp³-hybridized carbons (Fsp3) is 0.350. The van der Waals surface area contributed by atoms with Crippen molar-refractivity contribution >= 4 is 27.0 Å². The molecule has 0 unspecified atom stereocenters. The van der Waals surface area contributed by atoms with Gasteiger partial charge in [0.25, 0.3) is 0 Å². The van der Waals surface area contributed by atoms with Gasteiger partial charge in [-0.15, -0.1) is 0 Å². The molecule has 0 bridgehead atoms. The SMILES string of the molecule is CCCc1ccc(S(=O)(=O)N2CCN(c3nc4ccccc4[nH]3)CC2)cc1. The Bertz CT molecular complexity index is 987. The van der Waals surface area contributed by atoms with Crippen molar-refractivity contribution in [3.05, 3.63) is 54.1 Å². The second-order valence-corrected chi connectivity index (χ2v) is 8.80. The number of rotatable bonds is 5. The van der Waals surface area contributed by atoms with E-state index in [4.69, 9.17) is 0 Å². The van der Waals surface area contributed by atoms with E-state index in [1.54, 1.807) is 16.4 Å². The van der Waals surface area contributed by atoms with Crippen molar-refractivity contribution in [1.29, 1.82) is 0 Å². The third-order valence-electron chi connectivity index (χ3n) is 5.01. The number of imidazole rings is 1. The van der Waals surface area contributed by atoms with Crippen LogP contribution in [0.15, 0.2) is 53.4 Å². The molecule has 142 valence electrons. The number of hydrogen-bond donors (Lipinski definition) is 1. The molecular weight excluding hydrogens is 360 g/mol. The number of para-hydroxylation sites is 2. The summed E-state index contributed by atoms with van der Waals surface area (Å²) in [5.74, 6) is 0.803. The average molecular weight is 385 g/mol. The van der Waals surface area contributed by atoms with Crippen molar-refractivity contribution in [2.24, 2.45) is 0 Å². The zero-order chi connectivity index (χ0) is 18.9. The van der Waals surface area contributed by atoms with Crippen molar-refractivity contribution in [1.82, 2.24) is 14.3 Å². The molecule has 0 spiro atoms. The Kier molecular flexibility index (Phi) is 4.88. The summed E-state index contributed by atoms with van der Waals surface area (Å²) < 4.78 is 27.4. The molecule has 3 aromatic rings. The topological polar surface area (TPSA) is 69.3 Å². The van der Waals surface area contributed by atoms with Gasteiger partial charge in [-0.2, -0.15) is 4.31 Å². The van der Waals surface area contributed by atoms with Gasteiger partial charge in [-0.05, 0) is 36.2 Å². The minimum atomic E-state index is -3.45. The molecule has 27 heavy (non-hydrogen) atoms. The lowest BCUT2D eigenvalue weighted by Crippen LogP contribution is -2.49. The van der Waals surface area contributed by atoms with E-state index < -0.39 is 10.0 Å². The lowest BCUT2D eigenvalue weighted by molar-refractivity contribution is 0.383. The van der Waals surface area contributed by atoms with E-state index in [1.807, 2.05) is 36.4 Å².